The maximum atomic E-state index is 13.3. The number of methoxy groups -OCH3 is 1. The fraction of sp³-hybridized carbons (Fsp3) is 0.261. The first kappa shape index (κ1) is 23.8. The van der Waals surface area contributed by atoms with Gasteiger partial charge in [0.1, 0.15) is 5.82 Å². The molecule has 2 N–H and O–H groups in total. The third-order valence-electron chi connectivity index (χ3n) is 4.58. The van der Waals surface area contributed by atoms with Crippen LogP contribution in [0.4, 0.5) is 22.2 Å². The zero-order chi connectivity index (χ0) is 22.9. The molecule has 1 aromatic heterocycles. The summed E-state index contributed by atoms with van der Waals surface area (Å²) >= 11 is 7.88. The van der Waals surface area contributed by atoms with E-state index in [0.717, 1.165) is 10.5 Å². The van der Waals surface area contributed by atoms with Crippen LogP contribution >= 0.6 is 23.4 Å². The number of urea groups is 1. The molecular formula is C23H26ClN5O2S. The molecule has 0 radical (unpaired) electrons. The van der Waals surface area contributed by atoms with Gasteiger partial charge in [0.15, 0.2) is 0 Å². The van der Waals surface area contributed by atoms with Gasteiger partial charge in [-0.15, -0.1) is 11.8 Å². The molecule has 0 aliphatic carbocycles. The number of nitrogens with one attached hydrogen (secondary N) is 2. The van der Waals surface area contributed by atoms with Gasteiger partial charge in [0, 0.05) is 41.9 Å². The fourth-order valence-corrected chi connectivity index (χ4v) is 3.64. The van der Waals surface area contributed by atoms with Crippen molar-refractivity contribution in [1.29, 1.82) is 0 Å². The minimum atomic E-state index is -0.323. The Labute approximate surface area is 197 Å². The number of anilines is 3. The van der Waals surface area contributed by atoms with Crippen LogP contribution < -0.4 is 15.5 Å². The minimum Gasteiger partial charge on any atom is -0.383 e. The number of ether oxygens (including phenoxy) is 1. The van der Waals surface area contributed by atoms with Crippen molar-refractivity contribution in [2.75, 3.05) is 30.2 Å². The molecule has 168 valence electrons. The van der Waals surface area contributed by atoms with Gasteiger partial charge in [-0.1, -0.05) is 29.8 Å². The van der Waals surface area contributed by atoms with Crippen molar-refractivity contribution in [1.82, 2.24) is 15.3 Å². The van der Waals surface area contributed by atoms with Crippen LogP contribution in [0.15, 0.2) is 65.7 Å². The number of benzene rings is 2. The van der Waals surface area contributed by atoms with E-state index in [9.17, 15) is 4.79 Å². The van der Waals surface area contributed by atoms with Gasteiger partial charge in [-0.2, -0.15) is 4.98 Å². The molecule has 32 heavy (non-hydrogen) atoms. The highest BCUT2D eigenvalue weighted by Crippen LogP contribution is 2.27. The van der Waals surface area contributed by atoms with E-state index >= 15 is 0 Å². The molecule has 9 heteroatoms. The van der Waals surface area contributed by atoms with Crippen LogP contribution in [-0.2, 0) is 11.3 Å². The van der Waals surface area contributed by atoms with Crippen LogP contribution in [-0.4, -0.2) is 42.0 Å². The second-order valence-corrected chi connectivity index (χ2v) is 8.31. The number of thioether (sulfide) groups is 1. The van der Waals surface area contributed by atoms with Gasteiger partial charge in [-0.05, 0) is 49.1 Å². The lowest BCUT2D eigenvalue weighted by Gasteiger charge is -2.23. The van der Waals surface area contributed by atoms with E-state index in [1.54, 1.807) is 37.2 Å². The Bertz CT molecular complexity index is 1030. The highest BCUT2D eigenvalue weighted by atomic mass is 35.5. The maximum Gasteiger partial charge on any atom is 0.327 e. The average Bonchev–Trinajstić information content (AvgIpc) is 2.79. The summed E-state index contributed by atoms with van der Waals surface area (Å²) in [5.74, 6) is 0.859. The van der Waals surface area contributed by atoms with Gasteiger partial charge in [0.2, 0.25) is 5.95 Å². The monoisotopic (exact) mass is 471 g/mol. The number of amides is 2. The minimum absolute atomic E-state index is 0.0126. The number of nitrogens with zero attached hydrogens (tertiary/aromatic N) is 3. The van der Waals surface area contributed by atoms with Crippen LogP contribution in [0.5, 0.6) is 0 Å². The number of rotatable bonds is 9. The van der Waals surface area contributed by atoms with Gasteiger partial charge in [0.25, 0.3) is 0 Å². The Kier molecular flexibility index (Phi) is 8.72. The number of hydrogen-bond acceptors (Lipinski definition) is 6. The molecule has 0 fully saturated rings. The second-order valence-electron chi connectivity index (χ2n) is 7.02. The number of aromatic nitrogens is 2. The van der Waals surface area contributed by atoms with Crippen LogP contribution in [0.25, 0.3) is 0 Å². The van der Waals surface area contributed by atoms with Crippen molar-refractivity contribution in [2.45, 2.75) is 24.4 Å². The lowest BCUT2D eigenvalue weighted by Crippen LogP contribution is -2.37. The zero-order valence-corrected chi connectivity index (χ0v) is 19.8. The van der Waals surface area contributed by atoms with E-state index in [4.69, 9.17) is 16.3 Å². The Morgan fingerprint density at radius 1 is 1.19 bits per heavy atom. The molecule has 7 nitrogen and oxygen atoms in total. The van der Waals surface area contributed by atoms with E-state index in [1.165, 1.54) is 4.90 Å². The van der Waals surface area contributed by atoms with Gasteiger partial charge in [-0.25, -0.2) is 14.7 Å². The van der Waals surface area contributed by atoms with Crippen LogP contribution in [0.3, 0.4) is 0 Å². The SMILES string of the molecule is COC[C@H](C)Nc1nccc(N(C(=O)NCc2ccccc2Cl)c2ccc(SC)cc2)n1. The highest BCUT2D eigenvalue weighted by molar-refractivity contribution is 7.98. The average molecular weight is 472 g/mol. The number of hydrogen-bond donors (Lipinski definition) is 2. The lowest BCUT2D eigenvalue weighted by molar-refractivity contribution is 0.190. The summed E-state index contributed by atoms with van der Waals surface area (Å²) in [4.78, 5) is 24.7. The molecule has 2 aromatic carbocycles. The van der Waals surface area contributed by atoms with Crippen molar-refractivity contribution in [3.8, 4) is 0 Å². The summed E-state index contributed by atoms with van der Waals surface area (Å²) in [5.41, 5.74) is 1.52. The largest absolute Gasteiger partial charge is 0.383 e. The molecule has 3 rings (SSSR count). The number of carbonyl (C=O) groups excluding carboxylic acids is 1. The molecule has 2 amide bonds. The topological polar surface area (TPSA) is 79.4 Å². The fourth-order valence-electron chi connectivity index (χ4n) is 3.03. The van der Waals surface area contributed by atoms with E-state index in [0.29, 0.717) is 35.6 Å². The molecular weight excluding hydrogens is 446 g/mol. The predicted octanol–water partition coefficient (Wildman–Crippen LogP) is 5.35. The third kappa shape index (κ3) is 6.35. The van der Waals surface area contributed by atoms with E-state index in [1.807, 2.05) is 55.6 Å². The maximum absolute atomic E-state index is 13.3. The smallest absolute Gasteiger partial charge is 0.327 e. The highest BCUT2D eigenvalue weighted by Gasteiger charge is 2.20. The van der Waals surface area contributed by atoms with Gasteiger partial charge in [0.05, 0.1) is 12.3 Å². The van der Waals surface area contributed by atoms with E-state index < -0.39 is 0 Å². The van der Waals surface area contributed by atoms with Gasteiger partial charge in [-0.3, -0.25) is 0 Å². The molecule has 0 unspecified atom stereocenters. The normalized spacial score (nSPS) is 11.6. The molecule has 0 aliphatic rings. The first-order chi connectivity index (χ1) is 15.5. The first-order valence-electron chi connectivity index (χ1n) is 10.1. The quantitative estimate of drug-likeness (QED) is 0.410. The Morgan fingerprint density at radius 2 is 1.94 bits per heavy atom. The van der Waals surface area contributed by atoms with E-state index in [-0.39, 0.29) is 12.1 Å². The summed E-state index contributed by atoms with van der Waals surface area (Å²) in [6.45, 7) is 2.76. The standard InChI is InChI=1S/C23H26ClN5O2S/c1-16(15-31-2)27-22-25-13-12-21(28-22)29(18-8-10-19(32-3)11-9-18)23(30)26-14-17-6-4-5-7-20(17)24/h4-13,16H,14-15H2,1-3H3,(H,26,30)(H,25,27,28)/t16-/m0/s1. The van der Waals surface area contributed by atoms with Gasteiger partial charge < -0.3 is 15.4 Å². The van der Waals surface area contributed by atoms with Gasteiger partial charge >= 0.3 is 6.03 Å². The number of carbonyl (C=O) groups is 1. The summed E-state index contributed by atoms with van der Waals surface area (Å²) in [5, 5.41) is 6.73. The molecule has 1 atom stereocenters. The van der Waals surface area contributed by atoms with Crippen LogP contribution in [0, 0.1) is 0 Å². The van der Waals surface area contributed by atoms with Crippen molar-refractivity contribution < 1.29 is 9.53 Å². The Hall–Kier alpha value is -2.81. The molecule has 0 aliphatic heterocycles. The van der Waals surface area contributed by atoms with Crippen LogP contribution in [0.1, 0.15) is 12.5 Å². The van der Waals surface area contributed by atoms with Crippen molar-refractivity contribution in [2.24, 2.45) is 0 Å². The Balaban J connectivity index is 1.88. The van der Waals surface area contributed by atoms with E-state index in [2.05, 4.69) is 20.6 Å². The summed E-state index contributed by atoms with van der Waals surface area (Å²) in [6.07, 6.45) is 3.63. The zero-order valence-electron chi connectivity index (χ0n) is 18.2. The third-order valence-corrected chi connectivity index (χ3v) is 5.70. The molecule has 0 saturated heterocycles. The molecule has 0 bridgehead atoms. The number of halogens is 1. The van der Waals surface area contributed by atoms with Crippen molar-refractivity contribution in [3.05, 3.63) is 71.4 Å². The first-order valence-corrected chi connectivity index (χ1v) is 11.7. The van der Waals surface area contributed by atoms with Crippen LogP contribution in [0.2, 0.25) is 5.02 Å². The molecule has 0 spiro atoms. The summed E-state index contributed by atoms with van der Waals surface area (Å²) in [6, 6.07) is 16.5. The molecule has 1 heterocycles. The predicted molar refractivity (Wildman–Crippen MR) is 131 cm³/mol. The van der Waals surface area contributed by atoms with Crippen molar-refractivity contribution in [3.63, 3.8) is 0 Å². The lowest BCUT2D eigenvalue weighted by atomic mass is 10.2. The Morgan fingerprint density at radius 3 is 2.62 bits per heavy atom. The summed E-state index contributed by atoms with van der Waals surface area (Å²) in [7, 11) is 1.64. The summed E-state index contributed by atoms with van der Waals surface area (Å²) < 4.78 is 5.16. The molecule has 3 aromatic rings. The molecule has 0 saturated carbocycles. The van der Waals surface area contributed by atoms with Crippen molar-refractivity contribution >= 4 is 46.8 Å². The second kappa shape index (κ2) is 11.7.